The second-order valence-electron chi connectivity index (χ2n) is 9.20. The van der Waals surface area contributed by atoms with Crippen molar-refractivity contribution in [3.63, 3.8) is 0 Å². The zero-order chi connectivity index (χ0) is 23.9. The van der Waals surface area contributed by atoms with Crippen molar-refractivity contribution < 1.29 is 0 Å². The van der Waals surface area contributed by atoms with E-state index in [1.54, 1.807) is 0 Å². The maximum Gasteiger partial charge on any atom is 0.198 e. The molecule has 0 aliphatic heterocycles. The molecule has 7 nitrogen and oxygen atoms in total. The molecular formula is C28H27N7. The van der Waals surface area contributed by atoms with Crippen LogP contribution in [-0.4, -0.2) is 35.2 Å². The summed E-state index contributed by atoms with van der Waals surface area (Å²) in [4.78, 5) is 9.77. The summed E-state index contributed by atoms with van der Waals surface area (Å²) < 4.78 is 2.28. The highest BCUT2D eigenvalue weighted by Crippen LogP contribution is 2.35. The number of rotatable bonds is 4. The number of nitrogens with zero attached hydrogens (tertiary/aromatic N) is 6. The topological polar surface area (TPSA) is 85.2 Å². The molecule has 0 atom stereocenters. The number of hydrogen-bond donors (Lipinski definition) is 1. The van der Waals surface area contributed by atoms with Crippen molar-refractivity contribution in [1.29, 1.82) is 0 Å². The molecule has 7 heteroatoms. The van der Waals surface area contributed by atoms with Crippen LogP contribution in [0, 0.1) is 13.8 Å². The minimum Gasteiger partial charge on any atom is -0.308 e. The van der Waals surface area contributed by atoms with Gasteiger partial charge in [0.25, 0.3) is 0 Å². The normalized spacial score (nSPS) is 14.2. The standard InChI is InChI=1S/C28H27N7/c1-4-26-30-27-17(2)13-18(3)29-28(27)35(26)16-19-9-12-23-21(14-19)11-10-20-7-5-6-8-22(20)24(23)15-25-31-33-34-32-25/h5-9,12-15H,4,10-11,16H2,1-3H3,(H,31,32,33,34)/b24-15+. The van der Waals surface area contributed by atoms with Crippen LogP contribution in [0.2, 0.25) is 0 Å². The van der Waals surface area contributed by atoms with E-state index in [1.807, 2.05) is 13.0 Å². The molecule has 3 heterocycles. The summed E-state index contributed by atoms with van der Waals surface area (Å²) in [6, 6.07) is 17.5. The van der Waals surface area contributed by atoms with Crippen molar-refractivity contribution in [2.45, 2.75) is 46.6 Å². The third-order valence-corrected chi connectivity index (χ3v) is 6.82. The van der Waals surface area contributed by atoms with Gasteiger partial charge in [-0.05, 0) is 83.0 Å². The van der Waals surface area contributed by atoms with E-state index in [4.69, 9.17) is 9.97 Å². The van der Waals surface area contributed by atoms with Gasteiger partial charge in [0.05, 0.1) is 6.54 Å². The van der Waals surface area contributed by atoms with E-state index in [0.717, 1.165) is 54.1 Å². The third-order valence-electron chi connectivity index (χ3n) is 6.82. The molecule has 0 spiro atoms. The Morgan fingerprint density at radius 2 is 1.80 bits per heavy atom. The lowest BCUT2D eigenvalue weighted by atomic mass is 9.92. The number of tetrazole rings is 1. The first kappa shape index (κ1) is 21.4. The summed E-state index contributed by atoms with van der Waals surface area (Å²) in [6.07, 6.45) is 4.86. The number of pyridine rings is 1. The van der Waals surface area contributed by atoms with Gasteiger partial charge in [0.1, 0.15) is 11.3 Å². The molecule has 5 aromatic rings. The fraction of sp³-hybridized carbons (Fsp3) is 0.250. The van der Waals surface area contributed by atoms with Crippen LogP contribution in [-0.2, 0) is 25.8 Å². The number of fused-ring (bicyclic) bond motifs is 3. The average molecular weight is 462 g/mol. The molecule has 1 aliphatic carbocycles. The monoisotopic (exact) mass is 461 g/mol. The maximum absolute atomic E-state index is 4.92. The van der Waals surface area contributed by atoms with Gasteiger partial charge in [0, 0.05) is 12.1 Å². The second kappa shape index (κ2) is 8.58. The molecule has 35 heavy (non-hydrogen) atoms. The van der Waals surface area contributed by atoms with Crippen LogP contribution in [0.1, 0.15) is 57.6 Å². The molecule has 0 saturated carbocycles. The van der Waals surface area contributed by atoms with E-state index in [2.05, 4.69) is 87.6 Å². The molecular weight excluding hydrogens is 434 g/mol. The van der Waals surface area contributed by atoms with Crippen LogP contribution in [0.5, 0.6) is 0 Å². The third kappa shape index (κ3) is 3.83. The number of hydrogen-bond acceptors (Lipinski definition) is 5. The number of aromatic amines is 1. The lowest BCUT2D eigenvalue weighted by molar-refractivity contribution is 0.744. The quantitative estimate of drug-likeness (QED) is 0.413. The molecule has 0 bridgehead atoms. The predicted octanol–water partition coefficient (Wildman–Crippen LogP) is 4.86. The summed E-state index contributed by atoms with van der Waals surface area (Å²) >= 11 is 0. The molecule has 0 amide bonds. The molecule has 0 radical (unpaired) electrons. The van der Waals surface area contributed by atoms with Crippen LogP contribution >= 0.6 is 0 Å². The first-order valence-corrected chi connectivity index (χ1v) is 12.1. The van der Waals surface area contributed by atoms with Crippen LogP contribution in [0.15, 0.2) is 48.5 Å². The van der Waals surface area contributed by atoms with Gasteiger partial charge in [-0.15, -0.1) is 10.2 Å². The Labute approximate surface area is 204 Å². The smallest absolute Gasteiger partial charge is 0.198 e. The molecule has 0 saturated heterocycles. The lowest BCUT2D eigenvalue weighted by Crippen LogP contribution is -2.07. The van der Waals surface area contributed by atoms with Crippen molar-refractivity contribution in [3.05, 3.63) is 99.3 Å². The van der Waals surface area contributed by atoms with Crippen LogP contribution < -0.4 is 0 Å². The summed E-state index contributed by atoms with van der Waals surface area (Å²) in [5.74, 6) is 1.65. The van der Waals surface area contributed by atoms with Crippen molar-refractivity contribution in [1.82, 2.24) is 35.2 Å². The number of nitrogens with one attached hydrogen (secondary N) is 1. The van der Waals surface area contributed by atoms with Crippen molar-refractivity contribution in [2.24, 2.45) is 0 Å². The van der Waals surface area contributed by atoms with Crippen LogP contribution in [0.25, 0.3) is 22.8 Å². The number of imidazole rings is 1. The Morgan fingerprint density at radius 3 is 2.63 bits per heavy atom. The first-order chi connectivity index (χ1) is 17.1. The second-order valence-corrected chi connectivity index (χ2v) is 9.20. The average Bonchev–Trinajstić information content (AvgIpc) is 3.46. The molecule has 174 valence electrons. The van der Waals surface area contributed by atoms with Gasteiger partial charge < -0.3 is 4.57 Å². The van der Waals surface area contributed by atoms with E-state index in [1.165, 1.54) is 33.4 Å². The summed E-state index contributed by atoms with van der Waals surface area (Å²) in [5.41, 5.74) is 11.7. The SMILES string of the molecule is CCc1nc2c(C)cc(C)nc2n1Cc1ccc2c(c1)CCc1ccccc1/C2=C\c1nn[nH]n1. The van der Waals surface area contributed by atoms with Crippen molar-refractivity contribution in [3.8, 4) is 0 Å². The summed E-state index contributed by atoms with van der Waals surface area (Å²) in [6.45, 7) is 7.07. The fourth-order valence-corrected chi connectivity index (χ4v) is 5.21. The van der Waals surface area contributed by atoms with E-state index in [-0.39, 0.29) is 0 Å². The van der Waals surface area contributed by atoms with Gasteiger partial charge in [-0.3, -0.25) is 0 Å². The van der Waals surface area contributed by atoms with Gasteiger partial charge in [-0.1, -0.05) is 49.4 Å². The fourth-order valence-electron chi connectivity index (χ4n) is 5.21. The Morgan fingerprint density at radius 1 is 0.971 bits per heavy atom. The minimum absolute atomic E-state index is 0.584. The van der Waals surface area contributed by atoms with E-state index < -0.39 is 0 Å². The molecule has 6 rings (SSSR count). The number of benzene rings is 2. The first-order valence-electron chi connectivity index (χ1n) is 12.1. The van der Waals surface area contributed by atoms with Gasteiger partial charge in [-0.25, -0.2) is 9.97 Å². The van der Waals surface area contributed by atoms with E-state index in [0.29, 0.717) is 5.82 Å². The Bertz CT molecular complexity index is 1570. The van der Waals surface area contributed by atoms with E-state index in [9.17, 15) is 0 Å². The van der Waals surface area contributed by atoms with Crippen molar-refractivity contribution >= 4 is 22.8 Å². The van der Waals surface area contributed by atoms with Gasteiger partial charge >= 0.3 is 0 Å². The maximum atomic E-state index is 4.92. The van der Waals surface area contributed by atoms with E-state index >= 15 is 0 Å². The molecule has 1 aliphatic rings. The highest BCUT2D eigenvalue weighted by Gasteiger charge is 2.20. The van der Waals surface area contributed by atoms with Gasteiger partial charge in [0.15, 0.2) is 11.5 Å². The highest BCUT2D eigenvalue weighted by molar-refractivity contribution is 5.93. The zero-order valence-electron chi connectivity index (χ0n) is 20.2. The van der Waals surface area contributed by atoms with Gasteiger partial charge in [-0.2, -0.15) is 5.21 Å². The number of aryl methyl sites for hydroxylation is 5. The Balaban J connectivity index is 1.45. The number of aromatic nitrogens is 7. The number of H-pyrrole nitrogens is 1. The van der Waals surface area contributed by atoms with Crippen LogP contribution in [0.4, 0.5) is 0 Å². The lowest BCUT2D eigenvalue weighted by Gasteiger charge is -2.14. The molecule has 1 N–H and O–H groups in total. The van der Waals surface area contributed by atoms with Crippen LogP contribution in [0.3, 0.4) is 0 Å². The van der Waals surface area contributed by atoms with Crippen molar-refractivity contribution in [2.75, 3.05) is 0 Å². The molecule has 2 aromatic carbocycles. The minimum atomic E-state index is 0.584. The Hall–Kier alpha value is -4.13. The summed E-state index contributed by atoms with van der Waals surface area (Å²) in [7, 11) is 0. The molecule has 0 unspecified atom stereocenters. The predicted molar refractivity (Wildman–Crippen MR) is 137 cm³/mol. The highest BCUT2D eigenvalue weighted by atomic mass is 15.5. The molecule has 0 fully saturated rings. The molecule has 3 aromatic heterocycles. The van der Waals surface area contributed by atoms with Gasteiger partial charge in [0.2, 0.25) is 0 Å². The summed E-state index contributed by atoms with van der Waals surface area (Å²) in [5, 5.41) is 14.6. The largest absolute Gasteiger partial charge is 0.308 e. The Kier molecular flexibility index (Phi) is 5.25. The zero-order valence-corrected chi connectivity index (χ0v) is 20.2.